The van der Waals surface area contributed by atoms with Crippen LogP contribution in [0.2, 0.25) is 0 Å². The molecule has 0 bridgehead atoms. The average Bonchev–Trinajstić information content (AvgIpc) is 2.27. The molecule has 1 aliphatic rings. The predicted molar refractivity (Wildman–Crippen MR) is 47.1 cm³/mol. The van der Waals surface area contributed by atoms with Crippen LogP contribution < -0.4 is 0 Å². The number of fused-ring (bicyclic) bond motifs is 1. The van der Waals surface area contributed by atoms with Gasteiger partial charge >= 0.3 is 0 Å². The topological polar surface area (TPSA) is 16.1 Å². The Kier molecular flexibility index (Phi) is 1.69. The first-order valence-electron chi connectivity index (χ1n) is 3.57. The highest BCUT2D eigenvalue weighted by atomic mass is 79.9. The molecule has 0 radical (unpaired) electrons. The quantitative estimate of drug-likeness (QED) is 0.653. The van der Waals surface area contributed by atoms with Crippen LogP contribution >= 0.6 is 15.9 Å². The summed E-state index contributed by atoms with van der Waals surface area (Å²) in [6, 6.07) is 2.14. The van der Waals surface area contributed by atoms with Gasteiger partial charge in [-0.15, -0.1) is 0 Å². The molecule has 0 atom stereocenters. The predicted octanol–water partition coefficient (Wildman–Crippen LogP) is 1.79. The van der Waals surface area contributed by atoms with Crippen LogP contribution in [0.4, 0.5) is 0 Å². The van der Waals surface area contributed by atoms with Crippen molar-refractivity contribution in [1.29, 1.82) is 0 Å². The van der Waals surface area contributed by atoms with E-state index in [9.17, 15) is 0 Å². The van der Waals surface area contributed by atoms with E-state index in [0.717, 1.165) is 17.6 Å². The van der Waals surface area contributed by atoms with Crippen LogP contribution in [0.5, 0.6) is 0 Å². The summed E-state index contributed by atoms with van der Waals surface area (Å²) >= 11 is 3.40. The summed E-state index contributed by atoms with van der Waals surface area (Å²) in [7, 11) is 2.11. The van der Waals surface area contributed by atoms with Gasteiger partial charge in [0.25, 0.3) is 0 Å². The fourth-order valence-electron chi connectivity index (χ4n) is 1.39. The Bertz CT molecular complexity index is 285. The minimum absolute atomic E-state index is 0.989. The molecule has 0 saturated heterocycles. The standard InChI is InChI=1S/C8H9BrN2/c1-11-4-6-2-7(9)3-10-8(6)5-11/h2-3H,4-5H2,1H3. The zero-order chi connectivity index (χ0) is 7.84. The molecule has 11 heavy (non-hydrogen) atoms. The summed E-state index contributed by atoms with van der Waals surface area (Å²) < 4.78 is 1.08. The van der Waals surface area contributed by atoms with Gasteiger partial charge in [-0.05, 0) is 34.6 Å². The van der Waals surface area contributed by atoms with Crippen LogP contribution in [-0.4, -0.2) is 16.9 Å². The van der Waals surface area contributed by atoms with Crippen molar-refractivity contribution < 1.29 is 0 Å². The smallest absolute Gasteiger partial charge is 0.0589 e. The molecule has 1 aromatic heterocycles. The summed E-state index contributed by atoms with van der Waals surface area (Å²) in [6.07, 6.45) is 1.86. The average molecular weight is 213 g/mol. The molecule has 0 saturated carbocycles. The first-order chi connectivity index (χ1) is 5.25. The van der Waals surface area contributed by atoms with Crippen molar-refractivity contribution in [1.82, 2.24) is 9.88 Å². The molecule has 0 unspecified atom stereocenters. The lowest BCUT2D eigenvalue weighted by Crippen LogP contribution is -2.07. The largest absolute Gasteiger partial charge is 0.296 e. The molecule has 0 N–H and O–H groups in total. The number of halogens is 1. The van der Waals surface area contributed by atoms with Crippen molar-refractivity contribution in [3.63, 3.8) is 0 Å². The van der Waals surface area contributed by atoms with Crippen LogP contribution in [0.1, 0.15) is 11.3 Å². The van der Waals surface area contributed by atoms with E-state index < -0.39 is 0 Å². The van der Waals surface area contributed by atoms with Crippen molar-refractivity contribution in [2.24, 2.45) is 0 Å². The number of pyridine rings is 1. The summed E-state index contributed by atoms with van der Waals surface area (Å²) in [5, 5.41) is 0. The lowest BCUT2D eigenvalue weighted by molar-refractivity contribution is 0.351. The Morgan fingerprint density at radius 3 is 3.18 bits per heavy atom. The maximum Gasteiger partial charge on any atom is 0.0589 e. The Labute approximate surface area is 74.4 Å². The third kappa shape index (κ3) is 1.30. The van der Waals surface area contributed by atoms with E-state index in [1.807, 2.05) is 6.20 Å². The molecule has 0 aliphatic carbocycles. The van der Waals surface area contributed by atoms with Crippen LogP contribution in [0.15, 0.2) is 16.7 Å². The Hall–Kier alpha value is -0.410. The normalized spacial score (nSPS) is 16.9. The van der Waals surface area contributed by atoms with Crippen molar-refractivity contribution in [3.05, 3.63) is 28.0 Å². The molecule has 0 fully saturated rings. The van der Waals surface area contributed by atoms with Crippen molar-refractivity contribution >= 4 is 15.9 Å². The molecule has 1 aromatic rings. The van der Waals surface area contributed by atoms with Crippen LogP contribution in [0.25, 0.3) is 0 Å². The molecule has 58 valence electrons. The van der Waals surface area contributed by atoms with Gasteiger partial charge in [0.1, 0.15) is 0 Å². The second-order valence-electron chi connectivity index (χ2n) is 2.93. The van der Waals surface area contributed by atoms with Gasteiger partial charge in [0.15, 0.2) is 0 Å². The maximum atomic E-state index is 4.32. The number of hydrogen-bond acceptors (Lipinski definition) is 2. The maximum absolute atomic E-state index is 4.32. The van der Waals surface area contributed by atoms with Crippen molar-refractivity contribution in [2.45, 2.75) is 13.1 Å². The van der Waals surface area contributed by atoms with Crippen LogP contribution in [0.3, 0.4) is 0 Å². The Morgan fingerprint density at radius 2 is 2.36 bits per heavy atom. The molecule has 2 rings (SSSR count). The Morgan fingerprint density at radius 1 is 1.55 bits per heavy atom. The molecule has 0 spiro atoms. The highest BCUT2D eigenvalue weighted by Gasteiger charge is 2.15. The number of nitrogens with zero attached hydrogens (tertiary/aromatic N) is 2. The van der Waals surface area contributed by atoms with Gasteiger partial charge in [-0.2, -0.15) is 0 Å². The van der Waals surface area contributed by atoms with E-state index >= 15 is 0 Å². The second kappa shape index (κ2) is 2.57. The number of rotatable bonds is 0. The van der Waals surface area contributed by atoms with E-state index in [2.05, 4.69) is 38.9 Å². The van der Waals surface area contributed by atoms with Gasteiger partial charge < -0.3 is 0 Å². The SMILES string of the molecule is CN1Cc2cc(Br)cnc2C1. The van der Waals surface area contributed by atoms with Gasteiger partial charge in [0, 0.05) is 23.8 Å². The molecular formula is C8H9BrN2. The van der Waals surface area contributed by atoms with Gasteiger partial charge in [-0.1, -0.05) is 0 Å². The number of hydrogen-bond donors (Lipinski definition) is 0. The molecule has 0 amide bonds. The first-order valence-corrected chi connectivity index (χ1v) is 4.37. The van der Waals surface area contributed by atoms with E-state index in [1.165, 1.54) is 11.3 Å². The van der Waals surface area contributed by atoms with Crippen LogP contribution in [0, 0.1) is 0 Å². The molecule has 1 aliphatic heterocycles. The van der Waals surface area contributed by atoms with E-state index in [-0.39, 0.29) is 0 Å². The van der Waals surface area contributed by atoms with Gasteiger partial charge in [0.2, 0.25) is 0 Å². The summed E-state index contributed by atoms with van der Waals surface area (Å²) in [4.78, 5) is 6.57. The summed E-state index contributed by atoms with van der Waals surface area (Å²) in [5.74, 6) is 0. The minimum atomic E-state index is 0.989. The molecule has 2 nitrogen and oxygen atoms in total. The van der Waals surface area contributed by atoms with Gasteiger partial charge in [0.05, 0.1) is 5.69 Å². The highest BCUT2D eigenvalue weighted by molar-refractivity contribution is 9.10. The van der Waals surface area contributed by atoms with E-state index in [0.29, 0.717) is 0 Å². The fraction of sp³-hybridized carbons (Fsp3) is 0.375. The summed E-state index contributed by atoms with van der Waals surface area (Å²) in [5.41, 5.74) is 2.57. The minimum Gasteiger partial charge on any atom is -0.296 e. The summed E-state index contributed by atoms with van der Waals surface area (Å²) in [6.45, 7) is 2.02. The lowest BCUT2D eigenvalue weighted by atomic mass is 10.2. The fourth-order valence-corrected chi connectivity index (χ4v) is 1.77. The molecule has 3 heteroatoms. The molecule has 2 heterocycles. The van der Waals surface area contributed by atoms with E-state index in [1.54, 1.807) is 0 Å². The van der Waals surface area contributed by atoms with Gasteiger partial charge in [-0.3, -0.25) is 9.88 Å². The second-order valence-corrected chi connectivity index (χ2v) is 3.85. The number of aromatic nitrogens is 1. The third-order valence-corrected chi connectivity index (χ3v) is 2.32. The highest BCUT2D eigenvalue weighted by Crippen LogP contribution is 2.21. The zero-order valence-electron chi connectivity index (χ0n) is 6.34. The first kappa shape index (κ1) is 7.25. The van der Waals surface area contributed by atoms with E-state index in [4.69, 9.17) is 0 Å². The monoisotopic (exact) mass is 212 g/mol. The van der Waals surface area contributed by atoms with Crippen molar-refractivity contribution in [2.75, 3.05) is 7.05 Å². The third-order valence-electron chi connectivity index (χ3n) is 1.89. The van der Waals surface area contributed by atoms with Crippen molar-refractivity contribution in [3.8, 4) is 0 Å². The van der Waals surface area contributed by atoms with Crippen LogP contribution in [-0.2, 0) is 13.1 Å². The Balaban J connectivity index is 2.43. The molecule has 0 aromatic carbocycles. The lowest BCUT2D eigenvalue weighted by Gasteiger charge is -2.01. The van der Waals surface area contributed by atoms with Gasteiger partial charge in [-0.25, -0.2) is 0 Å². The zero-order valence-corrected chi connectivity index (χ0v) is 7.93. The molecular weight excluding hydrogens is 204 g/mol.